The lowest BCUT2D eigenvalue weighted by Gasteiger charge is -2.12. The van der Waals surface area contributed by atoms with Crippen LogP contribution in [0.25, 0.3) is 0 Å². The zero-order valence-corrected chi connectivity index (χ0v) is 9.53. The SMILES string of the molecule is COc1ccc(CCN(C)CC#N)cc1F. The molecule has 3 nitrogen and oxygen atoms in total. The minimum absolute atomic E-state index is 0.258. The second kappa shape index (κ2) is 6.09. The molecule has 0 saturated carbocycles. The van der Waals surface area contributed by atoms with Gasteiger partial charge in [0.15, 0.2) is 11.6 Å². The van der Waals surface area contributed by atoms with Crippen LogP contribution < -0.4 is 4.74 Å². The van der Waals surface area contributed by atoms with Gasteiger partial charge in [-0.3, -0.25) is 4.90 Å². The molecule has 1 aromatic carbocycles. The first-order chi connectivity index (χ1) is 7.67. The van der Waals surface area contributed by atoms with Crippen molar-refractivity contribution in [3.05, 3.63) is 29.6 Å². The van der Waals surface area contributed by atoms with E-state index >= 15 is 0 Å². The maximum atomic E-state index is 13.3. The number of hydrogen-bond acceptors (Lipinski definition) is 3. The van der Waals surface area contributed by atoms with Gasteiger partial charge in [-0.2, -0.15) is 5.26 Å². The van der Waals surface area contributed by atoms with E-state index in [1.54, 1.807) is 6.07 Å². The molecule has 1 aromatic rings. The third kappa shape index (κ3) is 3.52. The van der Waals surface area contributed by atoms with Gasteiger partial charge in [0, 0.05) is 6.54 Å². The Labute approximate surface area is 95.1 Å². The number of benzene rings is 1. The number of hydrogen-bond donors (Lipinski definition) is 0. The summed E-state index contributed by atoms with van der Waals surface area (Å²) in [5.74, 6) is -0.0861. The second-order valence-corrected chi connectivity index (χ2v) is 3.61. The van der Waals surface area contributed by atoms with Gasteiger partial charge in [0.05, 0.1) is 19.7 Å². The molecule has 0 amide bonds. The minimum atomic E-state index is -0.345. The minimum Gasteiger partial charge on any atom is -0.494 e. The van der Waals surface area contributed by atoms with E-state index in [9.17, 15) is 4.39 Å². The van der Waals surface area contributed by atoms with Crippen LogP contribution in [0, 0.1) is 17.1 Å². The molecule has 0 aliphatic rings. The third-order valence-electron chi connectivity index (χ3n) is 2.34. The predicted molar refractivity (Wildman–Crippen MR) is 59.8 cm³/mol. The molecule has 0 N–H and O–H groups in total. The van der Waals surface area contributed by atoms with Crippen LogP contribution in [-0.2, 0) is 6.42 Å². The highest BCUT2D eigenvalue weighted by molar-refractivity contribution is 5.29. The molecule has 1 rings (SSSR count). The van der Waals surface area contributed by atoms with Crippen molar-refractivity contribution >= 4 is 0 Å². The van der Waals surface area contributed by atoms with E-state index in [1.807, 2.05) is 18.0 Å². The average Bonchev–Trinajstić information content (AvgIpc) is 2.27. The Kier molecular flexibility index (Phi) is 4.74. The Morgan fingerprint density at radius 3 is 2.81 bits per heavy atom. The Hall–Kier alpha value is -1.60. The van der Waals surface area contributed by atoms with E-state index in [4.69, 9.17) is 10.00 Å². The molecule has 0 aromatic heterocycles. The van der Waals surface area contributed by atoms with Crippen LogP contribution in [0.1, 0.15) is 5.56 Å². The van der Waals surface area contributed by atoms with E-state index < -0.39 is 0 Å². The summed E-state index contributed by atoms with van der Waals surface area (Å²) in [7, 11) is 3.31. The zero-order chi connectivity index (χ0) is 12.0. The normalized spacial score (nSPS) is 10.2. The standard InChI is InChI=1S/C12H15FN2O/c1-15(8-6-14)7-5-10-3-4-12(16-2)11(13)9-10/h3-4,9H,5,7-8H2,1-2H3. The average molecular weight is 222 g/mol. The van der Waals surface area contributed by atoms with Gasteiger partial charge in [0.25, 0.3) is 0 Å². The fourth-order valence-corrected chi connectivity index (χ4v) is 1.39. The number of nitrogens with zero attached hydrogens (tertiary/aromatic N) is 2. The van der Waals surface area contributed by atoms with Crippen molar-refractivity contribution in [1.29, 1.82) is 5.26 Å². The van der Waals surface area contributed by atoms with E-state index in [2.05, 4.69) is 6.07 Å². The van der Waals surface area contributed by atoms with Crippen molar-refractivity contribution in [2.75, 3.05) is 27.2 Å². The summed E-state index contributed by atoms with van der Waals surface area (Å²) in [5.41, 5.74) is 0.906. The highest BCUT2D eigenvalue weighted by atomic mass is 19.1. The van der Waals surface area contributed by atoms with Gasteiger partial charge in [-0.15, -0.1) is 0 Å². The molecule has 0 bridgehead atoms. The van der Waals surface area contributed by atoms with Gasteiger partial charge in [-0.05, 0) is 31.2 Å². The molecule has 4 heteroatoms. The number of ether oxygens (including phenoxy) is 1. The fourth-order valence-electron chi connectivity index (χ4n) is 1.39. The highest BCUT2D eigenvalue weighted by Crippen LogP contribution is 2.17. The lowest BCUT2D eigenvalue weighted by molar-refractivity contribution is 0.376. The first-order valence-corrected chi connectivity index (χ1v) is 5.05. The molecule has 86 valence electrons. The molecule has 0 radical (unpaired) electrons. The van der Waals surface area contributed by atoms with Crippen LogP contribution in [0.5, 0.6) is 5.75 Å². The first-order valence-electron chi connectivity index (χ1n) is 5.05. The van der Waals surface area contributed by atoms with Gasteiger partial charge < -0.3 is 4.74 Å². The van der Waals surface area contributed by atoms with E-state index in [1.165, 1.54) is 13.2 Å². The summed E-state index contributed by atoms with van der Waals surface area (Å²) >= 11 is 0. The van der Waals surface area contributed by atoms with Crippen molar-refractivity contribution in [2.24, 2.45) is 0 Å². The Balaban J connectivity index is 2.55. The number of nitriles is 1. The maximum Gasteiger partial charge on any atom is 0.165 e. The number of likely N-dealkylation sites (N-methyl/N-ethyl adjacent to an activating group) is 1. The molecule has 0 heterocycles. The third-order valence-corrected chi connectivity index (χ3v) is 2.34. The van der Waals surface area contributed by atoms with Crippen LogP contribution in [-0.4, -0.2) is 32.1 Å². The van der Waals surface area contributed by atoms with Crippen molar-refractivity contribution in [1.82, 2.24) is 4.90 Å². The summed E-state index contributed by atoms with van der Waals surface area (Å²) in [6.07, 6.45) is 0.721. The van der Waals surface area contributed by atoms with Gasteiger partial charge in [0.2, 0.25) is 0 Å². The van der Waals surface area contributed by atoms with Gasteiger partial charge in [-0.1, -0.05) is 6.07 Å². The summed E-state index contributed by atoms with van der Waals surface area (Å²) in [4.78, 5) is 1.89. The molecule has 0 fully saturated rings. The van der Waals surface area contributed by atoms with E-state index in [0.717, 1.165) is 18.5 Å². The van der Waals surface area contributed by atoms with Crippen LogP contribution in [0.2, 0.25) is 0 Å². The van der Waals surface area contributed by atoms with E-state index in [-0.39, 0.29) is 11.6 Å². The van der Waals surface area contributed by atoms with Crippen molar-refractivity contribution < 1.29 is 9.13 Å². The number of halogens is 1. The number of rotatable bonds is 5. The molecule has 0 aliphatic heterocycles. The van der Waals surface area contributed by atoms with Gasteiger partial charge in [-0.25, -0.2) is 4.39 Å². The summed E-state index contributed by atoms with van der Waals surface area (Å²) in [6, 6.07) is 6.99. The first kappa shape index (κ1) is 12.5. The topological polar surface area (TPSA) is 36.3 Å². The predicted octanol–water partition coefficient (Wildman–Crippen LogP) is 1.83. The quantitative estimate of drug-likeness (QED) is 0.713. The maximum absolute atomic E-state index is 13.3. The molecule has 0 unspecified atom stereocenters. The lowest BCUT2D eigenvalue weighted by atomic mass is 10.1. The lowest BCUT2D eigenvalue weighted by Crippen LogP contribution is -2.21. The summed E-state index contributed by atoms with van der Waals surface area (Å²) in [5, 5.41) is 8.48. The second-order valence-electron chi connectivity index (χ2n) is 3.61. The molecule has 16 heavy (non-hydrogen) atoms. The van der Waals surface area contributed by atoms with Crippen molar-refractivity contribution in [3.63, 3.8) is 0 Å². The fraction of sp³-hybridized carbons (Fsp3) is 0.417. The smallest absolute Gasteiger partial charge is 0.165 e. The van der Waals surface area contributed by atoms with E-state index in [0.29, 0.717) is 6.54 Å². The van der Waals surface area contributed by atoms with Crippen LogP contribution >= 0.6 is 0 Å². The molecule has 0 atom stereocenters. The molecular formula is C12H15FN2O. The zero-order valence-electron chi connectivity index (χ0n) is 9.53. The molecular weight excluding hydrogens is 207 g/mol. The Morgan fingerprint density at radius 1 is 1.50 bits per heavy atom. The molecule has 0 saturated heterocycles. The van der Waals surface area contributed by atoms with Gasteiger partial charge in [0.1, 0.15) is 0 Å². The molecule has 0 spiro atoms. The van der Waals surface area contributed by atoms with Crippen molar-refractivity contribution in [2.45, 2.75) is 6.42 Å². The van der Waals surface area contributed by atoms with Crippen molar-refractivity contribution in [3.8, 4) is 11.8 Å². The van der Waals surface area contributed by atoms with Crippen LogP contribution in [0.3, 0.4) is 0 Å². The van der Waals surface area contributed by atoms with Crippen LogP contribution in [0.4, 0.5) is 4.39 Å². The summed E-state index contributed by atoms with van der Waals surface area (Å²) < 4.78 is 18.2. The highest BCUT2D eigenvalue weighted by Gasteiger charge is 2.04. The number of methoxy groups -OCH3 is 1. The monoisotopic (exact) mass is 222 g/mol. The Bertz CT molecular complexity index is 387. The largest absolute Gasteiger partial charge is 0.494 e. The summed E-state index contributed by atoms with van der Waals surface area (Å²) in [6.45, 7) is 1.12. The molecule has 0 aliphatic carbocycles. The Morgan fingerprint density at radius 2 is 2.25 bits per heavy atom. The van der Waals surface area contributed by atoms with Crippen LogP contribution in [0.15, 0.2) is 18.2 Å². The van der Waals surface area contributed by atoms with Gasteiger partial charge >= 0.3 is 0 Å².